The number of rotatable bonds is 9. The van der Waals surface area contributed by atoms with Crippen molar-refractivity contribution in [1.29, 1.82) is 0 Å². The third-order valence-corrected chi connectivity index (χ3v) is 6.79. The molecule has 1 aromatic heterocycles. The second kappa shape index (κ2) is 10.5. The third kappa shape index (κ3) is 5.81. The molecule has 2 aliphatic rings. The first-order valence-electron chi connectivity index (χ1n) is 12.0. The quantitative estimate of drug-likeness (QED) is 0.538. The molecule has 166 valence electrons. The van der Waals surface area contributed by atoms with E-state index in [2.05, 4.69) is 36.1 Å². The predicted octanol–water partition coefficient (Wildman–Crippen LogP) is 4.95. The number of aromatic nitrogens is 1. The van der Waals surface area contributed by atoms with Crippen LogP contribution in [0.4, 0.5) is 0 Å². The number of likely N-dealkylation sites (tertiary alicyclic amines) is 1. The molecule has 1 fully saturated rings. The van der Waals surface area contributed by atoms with Crippen molar-refractivity contribution in [2.45, 2.75) is 70.9 Å². The molecule has 0 amide bonds. The Bertz CT molecular complexity index is 867. The van der Waals surface area contributed by atoms with E-state index >= 15 is 0 Å². The number of hydrogen-bond donors (Lipinski definition) is 0. The minimum atomic E-state index is -0.145. The van der Waals surface area contributed by atoms with E-state index in [1.54, 1.807) is 6.92 Å². The maximum atomic E-state index is 12.3. The second-order valence-corrected chi connectivity index (χ2v) is 9.41. The molecule has 4 nitrogen and oxygen atoms in total. The van der Waals surface area contributed by atoms with Gasteiger partial charge in [0.1, 0.15) is 0 Å². The van der Waals surface area contributed by atoms with Crippen LogP contribution in [0.2, 0.25) is 0 Å². The highest BCUT2D eigenvalue weighted by Gasteiger charge is 2.32. The first kappa shape index (κ1) is 22.2. The molecule has 0 saturated carbocycles. The van der Waals surface area contributed by atoms with Crippen molar-refractivity contribution >= 4 is 5.78 Å². The highest BCUT2D eigenvalue weighted by molar-refractivity contribution is 5.83. The summed E-state index contributed by atoms with van der Waals surface area (Å²) in [6.45, 7) is 6.58. The van der Waals surface area contributed by atoms with E-state index in [0.717, 1.165) is 63.3 Å². The number of hydrogen-bond acceptors (Lipinski definition) is 4. The molecule has 3 atom stereocenters. The number of fused-ring (bicyclic) bond motifs is 1. The number of benzene rings is 1. The summed E-state index contributed by atoms with van der Waals surface area (Å²) in [5.74, 6) is 1.00. The summed E-state index contributed by atoms with van der Waals surface area (Å²) in [4.78, 5) is 19.5. The number of carbonyl (C=O) groups excluding carboxylic acids is 1. The highest BCUT2D eigenvalue weighted by atomic mass is 16.5. The highest BCUT2D eigenvalue weighted by Crippen LogP contribution is 2.27. The Morgan fingerprint density at radius 2 is 2.00 bits per heavy atom. The fraction of sp³-hybridized carbons (Fsp3) is 0.556. The lowest BCUT2D eigenvalue weighted by atomic mass is 9.88. The minimum Gasteiger partial charge on any atom is -0.377 e. The van der Waals surface area contributed by atoms with Gasteiger partial charge in [-0.2, -0.15) is 0 Å². The second-order valence-electron chi connectivity index (χ2n) is 9.41. The Morgan fingerprint density at radius 1 is 1.16 bits per heavy atom. The average molecular weight is 421 g/mol. The van der Waals surface area contributed by atoms with E-state index in [9.17, 15) is 4.79 Å². The van der Waals surface area contributed by atoms with Gasteiger partial charge in [-0.15, -0.1) is 0 Å². The van der Waals surface area contributed by atoms with Crippen molar-refractivity contribution in [3.63, 3.8) is 0 Å². The molecule has 1 aliphatic carbocycles. The molecule has 0 bridgehead atoms. The molecule has 1 aliphatic heterocycles. The normalized spacial score (nSPS) is 22.3. The van der Waals surface area contributed by atoms with Crippen LogP contribution in [0.1, 0.15) is 68.1 Å². The maximum Gasteiger partial charge on any atom is 0.151 e. The van der Waals surface area contributed by atoms with Crippen LogP contribution in [-0.2, 0) is 28.8 Å². The van der Waals surface area contributed by atoms with Crippen molar-refractivity contribution in [3.05, 3.63) is 65.0 Å². The molecule has 31 heavy (non-hydrogen) atoms. The Labute approximate surface area is 187 Å². The van der Waals surface area contributed by atoms with Gasteiger partial charge in [0.05, 0.1) is 12.1 Å². The number of aryl methyl sites for hydroxylation is 2. The summed E-state index contributed by atoms with van der Waals surface area (Å²) in [5, 5.41) is 0. The van der Waals surface area contributed by atoms with Crippen LogP contribution in [0.3, 0.4) is 0 Å². The molecular formula is C27H36N2O2. The average Bonchev–Trinajstić information content (AvgIpc) is 3.22. The number of ketones is 1. The molecule has 2 heterocycles. The molecule has 4 rings (SSSR count). The van der Waals surface area contributed by atoms with Gasteiger partial charge in [0.25, 0.3) is 0 Å². The number of carbonyl (C=O) groups is 1. The van der Waals surface area contributed by atoms with Crippen LogP contribution in [-0.4, -0.2) is 41.5 Å². The van der Waals surface area contributed by atoms with Gasteiger partial charge in [-0.1, -0.05) is 43.3 Å². The van der Waals surface area contributed by atoms with Crippen LogP contribution < -0.4 is 0 Å². The van der Waals surface area contributed by atoms with E-state index in [0.29, 0.717) is 0 Å². The number of unbranched alkanes of at least 4 members (excludes halogenated alkanes) is 1. The Kier molecular flexibility index (Phi) is 7.52. The molecule has 0 N–H and O–H groups in total. The molecular weight excluding hydrogens is 384 g/mol. The molecule has 2 aromatic rings. The van der Waals surface area contributed by atoms with Gasteiger partial charge < -0.3 is 4.74 Å². The van der Waals surface area contributed by atoms with Gasteiger partial charge >= 0.3 is 0 Å². The van der Waals surface area contributed by atoms with E-state index in [4.69, 9.17) is 9.72 Å². The van der Waals surface area contributed by atoms with Crippen LogP contribution in [0.15, 0.2) is 42.5 Å². The molecule has 1 unspecified atom stereocenters. The first-order valence-corrected chi connectivity index (χ1v) is 12.0. The lowest BCUT2D eigenvalue weighted by molar-refractivity contribution is -0.122. The fourth-order valence-corrected chi connectivity index (χ4v) is 5.10. The SMILES string of the molecule is CC(=O)[C@@H](c1ccccc1)N1CC[C@@H](OCCCCc2ccc3c(n2)CCC(C)C3)C1. The van der Waals surface area contributed by atoms with Gasteiger partial charge in [-0.05, 0) is 75.0 Å². The molecule has 1 saturated heterocycles. The fourth-order valence-electron chi connectivity index (χ4n) is 5.10. The van der Waals surface area contributed by atoms with E-state index in [1.807, 2.05) is 18.2 Å². The standard InChI is InChI=1S/C27H36N2O2/c1-20-11-14-26-23(18-20)12-13-24(28-26)10-6-7-17-31-25-15-16-29(19-25)27(21(2)30)22-8-4-3-5-9-22/h3-5,8-9,12-13,20,25,27H,6-7,10-11,14-19H2,1-2H3/t20?,25-,27+/m1/s1. The summed E-state index contributed by atoms with van der Waals surface area (Å²) in [5.41, 5.74) is 5.10. The summed E-state index contributed by atoms with van der Waals surface area (Å²) in [7, 11) is 0. The zero-order chi connectivity index (χ0) is 21.6. The monoisotopic (exact) mass is 420 g/mol. The number of pyridine rings is 1. The Morgan fingerprint density at radius 3 is 2.81 bits per heavy atom. The van der Waals surface area contributed by atoms with Gasteiger partial charge in [-0.25, -0.2) is 0 Å². The van der Waals surface area contributed by atoms with Gasteiger partial charge in [0, 0.05) is 31.1 Å². The third-order valence-electron chi connectivity index (χ3n) is 6.79. The first-order chi connectivity index (χ1) is 15.1. The molecule has 1 aromatic carbocycles. The summed E-state index contributed by atoms with van der Waals surface area (Å²) in [6, 6.07) is 14.5. The number of ether oxygens (including phenoxy) is 1. The number of nitrogens with zero attached hydrogens (tertiary/aromatic N) is 2. The van der Waals surface area contributed by atoms with Gasteiger partial charge in [0.15, 0.2) is 5.78 Å². The van der Waals surface area contributed by atoms with Crippen molar-refractivity contribution < 1.29 is 9.53 Å². The minimum absolute atomic E-state index is 0.145. The van der Waals surface area contributed by atoms with E-state index in [-0.39, 0.29) is 17.9 Å². The predicted molar refractivity (Wildman–Crippen MR) is 124 cm³/mol. The van der Waals surface area contributed by atoms with Crippen LogP contribution in [0.25, 0.3) is 0 Å². The Balaban J connectivity index is 1.19. The smallest absolute Gasteiger partial charge is 0.151 e. The molecule has 0 radical (unpaired) electrons. The van der Waals surface area contributed by atoms with Crippen LogP contribution >= 0.6 is 0 Å². The van der Waals surface area contributed by atoms with Crippen LogP contribution in [0, 0.1) is 5.92 Å². The summed E-state index contributed by atoms with van der Waals surface area (Å²) >= 11 is 0. The lowest BCUT2D eigenvalue weighted by Crippen LogP contribution is -2.32. The van der Waals surface area contributed by atoms with Crippen LogP contribution in [0.5, 0.6) is 0 Å². The topological polar surface area (TPSA) is 42.4 Å². The van der Waals surface area contributed by atoms with Crippen molar-refractivity contribution in [3.8, 4) is 0 Å². The van der Waals surface area contributed by atoms with Gasteiger partial charge in [-0.3, -0.25) is 14.7 Å². The largest absolute Gasteiger partial charge is 0.377 e. The maximum absolute atomic E-state index is 12.3. The zero-order valence-corrected chi connectivity index (χ0v) is 19.1. The van der Waals surface area contributed by atoms with Crippen molar-refractivity contribution in [2.75, 3.05) is 19.7 Å². The lowest BCUT2D eigenvalue weighted by Gasteiger charge is -2.26. The Hall–Kier alpha value is -2.04. The molecule has 4 heteroatoms. The number of Topliss-reactive ketones (excluding diaryl/α,β-unsaturated/α-hetero) is 1. The van der Waals surface area contributed by atoms with E-state index in [1.165, 1.54) is 29.8 Å². The summed E-state index contributed by atoms with van der Waals surface area (Å²) in [6.07, 6.45) is 8.02. The zero-order valence-electron chi connectivity index (χ0n) is 19.1. The molecule has 0 spiro atoms. The van der Waals surface area contributed by atoms with Crippen molar-refractivity contribution in [1.82, 2.24) is 9.88 Å². The van der Waals surface area contributed by atoms with Gasteiger partial charge in [0.2, 0.25) is 0 Å². The summed E-state index contributed by atoms with van der Waals surface area (Å²) < 4.78 is 6.17. The van der Waals surface area contributed by atoms with Crippen molar-refractivity contribution in [2.24, 2.45) is 5.92 Å². The van der Waals surface area contributed by atoms with E-state index < -0.39 is 0 Å².